The number of ether oxygens (including phenoxy) is 2. The lowest BCUT2D eigenvalue weighted by molar-refractivity contribution is 0.111. The lowest BCUT2D eigenvalue weighted by atomic mass is 10.1. The molecule has 0 saturated carbocycles. The van der Waals surface area contributed by atoms with Gasteiger partial charge in [0.05, 0.1) is 18.8 Å². The molecular weight excluding hydrogens is 204 g/mol. The van der Waals surface area contributed by atoms with E-state index in [1.807, 2.05) is 19.1 Å². The highest BCUT2D eigenvalue weighted by molar-refractivity contribution is 5.80. The molecule has 3 nitrogen and oxygen atoms in total. The highest BCUT2D eigenvalue weighted by Gasteiger charge is 2.17. The van der Waals surface area contributed by atoms with E-state index in [1.165, 1.54) is 0 Å². The molecule has 0 radical (unpaired) electrons. The van der Waals surface area contributed by atoms with E-state index in [1.54, 1.807) is 6.07 Å². The monoisotopic (exact) mass is 220 g/mol. The second kappa shape index (κ2) is 5.12. The van der Waals surface area contributed by atoms with Crippen molar-refractivity contribution in [3.63, 3.8) is 0 Å². The zero-order chi connectivity index (χ0) is 11.4. The van der Waals surface area contributed by atoms with Crippen molar-refractivity contribution < 1.29 is 14.3 Å². The minimum absolute atomic E-state index is 0.458. The van der Waals surface area contributed by atoms with Gasteiger partial charge in [0, 0.05) is 12.5 Å². The first-order valence-electron chi connectivity index (χ1n) is 5.56. The summed E-state index contributed by atoms with van der Waals surface area (Å²) in [5, 5.41) is 0. The number of para-hydroxylation sites is 1. The Balaban J connectivity index is 2.04. The number of benzene rings is 1. The molecule has 0 aliphatic carbocycles. The fraction of sp³-hybridized carbons (Fsp3) is 0.462. The molecule has 1 aliphatic rings. The van der Waals surface area contributed by atoms with E-state index >= 15 is 0 Å². The van der Waals surface area contributed by atoms with Gasteiger partial charge in [0.15, 0.2) is 6.29 Å². The van der Waals surface area contributed by atoms with Crippen molar-refractivity contribution in [1.29, 1.82) is 0 Å². The first-order valence-corrected chi connectivity index (χ1v) is 5.56. The van der Waals surface area contributed by atoms with Crippen LogP contribution in [0.15, 0.2) is 18.2 Å². The van der Waals surface area contributed by atoms with Crippen LogP contribution in [0.1, 0.15) is 22.3 Å². The predicted octanol–water partition coefficient (Wildman–Crippen LogP) is 2.22. The molecule has 1 aliphatic heterocycles. The number of hydrogen-bond acceptors (Lipinski definition) is 3. The van der Waals surface area contributed by atoms with Crippen LogP contribution in [0.2, 0.25) is 0 Å². The molecule has 0 spiro atoms. The van der Waals surface area contributed by atoms with Crippen LogP contribution in [-0.4, -0.2) is 26.1 Å². The molecule has 1 aromatic carbocycles. The fourth-order valence-corrected chi connectivity index (χ4v) is 1.88. The number of carbonyl (C=O) groups excluding carboxylic acids is 1. The number of aryl methyl sites for hydroxylation is 1. The van der Waals surface area contributed by atoms with E-state index in [-0.39, 0.29) is 0 Å². The van der Waals surface area contributed by atoms with Crippen molar-refractivity contribution >= 4 is 6.29 Å². The molecule has 1 atom stereocenters. The molecule has 86 valence electrons. The highest BCUT2D eigenvalue weighted by Crippen LogP contribution is 2.23. The topological polar surface area (TPSA) is 35.5 Å². The van der Waals surface area contributed by atoms with E-state index in [4.69, 9.17) is 9.47 Å². The molecule has 1 aromatic rings. The van der Waals surface area contributed by atoms with Gasteiger partial charge in [0.2, 0.25) is 0 Å². The maximum Gasteiger partial charge on any atom is 0.153 e. The summed E-state index contributed by atoms with van der Waals surface area (Å²) >= 11 is 0. The van der Waals surface area contributed by atoms with Crippen LogP contribution < -0.4 is 4.74 Å². The second-order valence-electron chi connectivity index (χ2n) is 4.15. The highest BCUT2D eigenvalue weighted by atomic mass is 16.5. The summed E-state index contributed by atoms with van der Waals surface area (Å²) in [6.07, 6.45) is 1.88. The fourth-order valence-electron chi connectivity index (χ4n) is 1.88. The molecule has 0 N–H and O–H groups in total. The molecule has 1 unspecified atom stereocenters. The van der Waals surface area contributed by atoms with Crippen LogP contribution in [0.3, 0.4) is 0 Å². The molecule has 1 heterocycles. The van der Waals surface area contributed by atoms with Crippen LogP contribution in [-0.2, 0) is 4.74 Å². The number of aldehydes is 1. The van der Waals surface area contributed by atoms with Crippen molar-refractivity contribution in [2.24, 2.45) is 5.92 Å². The first kappa shape index (κ1) is 11.1. The van der Waals surface area contributed by atoms with Gasteiger partial charge in [-0.25, -0.2) is 0 Å². The Kier molecular flexibility index (Phi) is 3.57. The quantitative estimate of drug-likeness (QED) is 0.730. The third-order valence-corrected chi connectivity index (χ3v) is 2.86. The minimum atomic E-state index is 0.458. The van der Waals surface area contributed by atoms with Gasteiger partial charge < -0.3 is 9.47 Å². The van der Waals surface area contributed by atoms with Crippen molar-refractivity contribution in [2.75, 3.05) is 19.8 Å². The van der Waals surface area contributed by atoms with Gasteiger partial charge in [-0.15, -0.1) is 0 Å². The maximum absolute atomic E-state index is 10.9. The van der Waals surface area contributed by atoms with E-state index in [2.05, 4.69) is 0 Å². The van der Waals surface area contributed by atoms with E-state index < -0.39 is 0 Å². The van der Waals surface area contributed by atoms with Gasteiger partial charge in [0.1, 0.15) is 5.75 Å². The lowest BCUT2D eigenvalue weighted by Gasteiger charge is -2.13. The summed E-state index contributed by atoms with van der Waals surface area (Å²) in [5.74, 6) is 1.17. The largest absolute Gasteiger partial charge is 0.492 e. The second-order valence-corrected chi connectivity index (χ2v) is 4.15. The van der Waals surface area contributed by atoms with Gasteiger partial charge in [-0.2, -0.15) is 0 Å². The van der Waals surface area contributed by atoms with Crippen LogP contribution in [0, 0.1) is 12.8 Å². The Labute approximate surface area is 95.4 Å². The molecule has 1 saturated heterocycles. The summed E-state index contributed by atoms with van der Waals surface area (Å²) in [6.45, 7) is 4.17. The van der Waals surface area contributed by atoms with E-state index in [9.17, 15) is 4.79 Å². The average Bonchev–Trinajstić information content (AvgIpc) is 2.80. The third-order valence-electron chi connectivity index (χ3n) is 2.86. The van der Waals surface area contributed by atoms with Gasteiger partial charge in [0.25, 0.3) is 0 Å². The molecular formula is C13H16O3. The first-order chi connectivity index (χ1) is 7.81. The molecule has 3 heteroatoms. The molecule has 2 rings (SSSR count). The van der Waals surface area contributed by atoms with E-state index in [0.29, 0.717) is 23.8 Å². The smallest absolute Gasteiger partial charge is 0.153 e. The van der Waals surface area contributed by atoms with Crippen LogP contribution in [0.5, 0.6) is 5.75 Å². The molecule has 0 amide bonds. The van der Waals surface area contributed by atoms with Gasteiger partial charge in [-0.1, -0.05) is 12.1 Å². The average molecular weight is 220 g/mol. The van der Waals surface area contributed by atoms with Gasteiger partial charge in [-0.05, 0) is 25.0 Å². The molecule has 0 bridgehead atoms. The standard InChI is InChI=1S/C13H16O3/c1-10-3-2-4-12(7-14)13(10)16-9-11-5-6-15-8-11/h2-4,7,11H,5-6,8-9H2,1H3. The predicted molar refractivity (Wildman–Crippen MR) is 61.0 cm³/mol. The van der Waals surface area contributed by atoms with Crippen molar-refractivity contribution in [2.45, 2.75) is 13.3 Å². The van der Waals surface area contributed by atoms with E-state index in [0.717, 1.165) is 31.5 Å². The maximum atomic E-state index is 10.9. The Morgan fingerprint density at radius 3 is 3.12 bits per heavy atom. The number of rotatable bonds is 4. The Morgan fingerprint density at radius 2 is 2.44 bits per heavy atom. The summed E-state index contributed by atoms with van der Waals surface area (Å²) in [6, 6.07) is 5.60. The third kappa shape index (κ3) is 2.42. The van der Waals surface area contributed by atoms with Crippen molar-refractivity contribution in [3.8, 4) is 5.75 Å². The number of carbonyl (C=O) groups is 1. The zero-order valence-corrected chi connectivity index (χ0v) is 9.44. The zero-order valence-electron chi connectivity index (χ0n) is 9.44. The molecule has 0 aromatic heterocycles. The molecule has 16 heavy (non-hydrogen) atoms. The summed E-state index contributed by atoms with van der Waals surface area (Å²) in [5.41, 5.74) is 1.63. The summed E-state index contributed by atoms with van der Waals surface area (Å²) in [7, 11) is 0. The Hall–Kier alpha value is -1.35. The number of hydrogen-bond donors (Lipinski definition) is 0. The van der Waals surface area contributed by atoms with Crippen LogP contribution >= 0.6 is 0 Å². The minimum Gasteiger partial charge on any atom is -0.492 e. The Morgan fingerprint density at radius 1 is 1.56 bits per heavy atom. The normalized spacial score (nSPS) is 19.7. The van der Waals surface area contributed by atoms with Crippen LogP contribution in [0.25, 0.3) is 0 Å². The lowest BCUT2D eigenvalue weighted by Crippen LogP contribution is -2.13. The summed E-state index contributed by atoms with van der Waals surface area (Å²) < 4.78 is 11.0. The van der Waals surface area contributed by atoms with Crippen LogP contribution in [0.4, 0.5) is 0 Å². The SMILES string of the molecule is Cc1cccc(C=O)c1OCC1CCOC1. The summed E-state index contributed by atoms with van der Waals surface area (Å²) in [4.78, 5) is 10.9. The van der Waals surface area contributed by atoms with Crippen molar-refractivity contribution in [3.05, 3.63) is 29.3 Å². The van der Waals surface area contributed by atoms with Crippen molar-refractivity contribution in [1.82, 2.24) is 0 Å². The Bertz CT molecular complexity index is 367. The molecule has 1 fully saturated rings. The van der Waals surface area contributed by atoms with Gasteiger partial charge >= 0.3 is 0 Å². The van der Waals surface area contributed by atoms with Gasteiger partial charge in [-0.3, -0.25) is 4.79 Å².